The van der Waals surface area contributed by atoms with Crippen LogP contribution in [0, 0.1) is 11.8 Å². The summed E-state index contributed by atoms with van der Waals surface area (Å²) in [6, 6.07) is 6.09. The topological polar surface area (TPSA) is 83.7 Å². The van der Waals surface area contributed by atoms with Crippen LogP contribution in [0.15, 0.2) is 28.7 Å². The molecular weight excluding hydrogens is 362 g/mol. The largest absolute Gasteiger partial charge is 0.368 e. The lowest BCUT2D eigenvalue weighted by molar-refractivity contribution is -0.129. The Morgan fingerprint density at radius 1 is 1.17 bits per heavy atom. The predicted octanol–water partition coefficient (Wildman–Crippen LogP) is 1.13. The van der Waals surface area contributed by atoms with Gasteiger partial charge in [0, 0.05) is 10.5 Å². The zero-order valence-electron chi connectivity index (χ0n) is 12.9. The molecule has 0 saturated carbocycles. The standard InChI is InChI=1S/C16H18BrN3O3/c1-3-10-11-12(13(14(18)21)19(10)2)16(23)20(15(11)22)9-6-4-8(17)5-7-9/h4-7,10-13H,3H2,1-2H3,(H2,18,21). The summed E-state index contributed by atoms with van der Waals surface area (Å²) in [5.74, 6) is -2.35. The Hall–Kier alpha value is -1.73. The van der Waals surface area contributed by atoms with Gasteiger partial charge in [-0.15, -0.1) is 0 Å². The van der Waals surface area contributed by atoms with E-state index >= 15 is 0 Å². The van der Waals surface area contributed by atoms with E-state index in [1.807, 2.05) is 6.92 Å². The van der Waals surface area contributed by atoms with E-state index in [9.17, 15) is 14.4 Å². The number of hydrogen-bond acceptors (Lipinski definition) is 4. The second kappa shape index (κ2) is 5.72. The number of carbonyl (C=O) groups excluding carboxylic acids is 3. The molecule has 0 aliphatic carbocycles. The van der Waals surface area contributed by atoms with Crippen LogP contribution in [0.1, 0.15) is 13.3 Å². The number of nitrogens with two attached hydrogens (primary N) is 1. The third-order valence-electron chi connectivity index (χ3n) is 4.91. The molecule has 3 rings (SSSR count). The molecule has 2 N–H and O–H groups in total. The summed E-state index contributed by atoms with van der Waals surface area (Å²) in [4.78, 5) is 40.6. The van der Waals surface area contributed by atoms with Gasteiger partial charge < -0.3 is 5.73 Å². The first-order chi connectivity index (χ1) is 10.9. The molecular formula is C16H18BrN3O3. The molecule has 122 valence electrons. The summed E-state index contributed by atoms with van der Waals surface area (Å²) in [6.07, 6.45) is 0.675. The second-order valence-electron chi connectivity index (χ2n) is 6.03. The van der Waals surface area contributed by atoms with Crippen molar-refractivity contribution in [2.75, 3.05) is 11.9 Å². The zero-order chi connectivity index (χ0) is 16.9. The fourth-order valence-electron chi connectivity index (χ4n) is 3.93. The molecule has 7 heteroatoms. The molecule has 4 atom stereocenters. The van der Waals surface area contributed by atoms with Crippen LogP contribution in [0.2, 0.25) is 0 Å². The smallest absolute Gasteiger partial charge is 0.239 e. The van der Waals surface area contributed by atoms with Gasteiger partial charge in [-0.05, 0) is 37.7 Å². The van der Waals surface area contributed by atoms with Crippen molar-refractivity contribution in [3.05, 3.63) is 28.7 Å². The van der Waals surface area contributed by atoms with Crippen molar-refractivity contribution in [2.45, 2.75) is 25.4 Å². The number of halogens is 1. The highest BCUT2D eigenvalue weighted by molar-refractivity contribution is 9.10. The molecule has 0 aromatic heterocycles. The Morgan fingerprint density at radius 3 is 2.26 bits per heavy atom. The number of likely N-dealkylation sites (N-methyl/N-ethyl adjacent to an activating group) is 1. The normalized spacial score (nSPS) is 30.8. The molecule has 2 fully saturated rings. The highest BCUT2D eigenvalue weighted by atomic mass is 79.9. The van der Waals surface area contributed by atoms with E-state index in [2.05, 4.69) is 15.9 Å². The van der Waals surface area contributed by atoms with Crippen LogP contribution in [0.25, 0.3) is 0 Å². The van der Waals surface area contributed by atoms with Crippen LogP contribution >= 0.6 is 15.9 Å². The van der Waals surface area contributed by atoms with Gasteiger partial charge in [0.05, 0.1) is 17.5 Å². The molecule has 2 aliphatic heterocycles. The summed E-state index contributed by atoms with van der Waals surface area (Å²) >= 11 is 3.33. The number of fused-ring (bicyclic) bond motifs is 1. The lowest BCUT2D eigenvalue weighted by Crippen LogP contribution is -2.48. The van der Waals surface area contributed by atoms with Crippen LogP contribution in [-0.2, 0) is 14.4 Å². The number of rotatable bonds is 3. The summed E-state index contributed by atoms with van der Waals surface area (Å²) in [6.45, 7) is 1.95. The lowest BCUT2D eigenvalue weighted by Gasteiger charge is -2.27. The first-order valence-corrected chi connectivity index (χ1v) is 8.32. The Labute approximate surface area is 142 Å². The van der Waals surface area contributed by atoms with Crippen LogP contribution in [0.3, 0.4) is 0 Å². The molecule has 2 heterocycles. The van der Waals surface area contributed by atoms with Crippen molar-refractivity contribution >= 4 is 39.3 Å². The van der Waals surface area contributed by atoms with Gasteiger partial charge in [0.25, 0.3) is 0 Å². The molecule has 2 saturated heterocycles. The van der Waals surface area contributed by atoms with E-state index in [1.165, 1.54) is 4.90 Å². The highest BCUT2D eigenvalue weighted by Crippen LogP contribution is 2.44. The number of benzene rings is 1. The molecule has 2 aliphatic rings. The monoisotopic (exact) mass is 379 g/mol. The van der Waals surface area contributed by atoms with Gasteiger partial charge in [-0.1, -0.05) is 22.9 Å². The minimum absolute atomic E-state index is 0.158. The van der Waals surface area contributed by atoms with Gasteiger partial charge in [-0.2, -0.15) is 0 Å². The Bertz CT molecular complexity index is 676. The average Bonchev–Trinajstić information content (AvgIpc) is 2.93. The van der Waals surface area contributed by atoms with E-state index in [0.717, 1.165) is 4.47 Å². The van der Waals surface area contributed by atoms with E-state index in [4.69, 9.17) is 5.73 Å². The molecule has 0 radical (unpaired) electrons. The summed E-state index contributed by atoms with van der Waals surface area (Å²) in [5.41, 5.74) is 6.03. The number of nitrogens with zero attached hydrogens (tertiary/aromatic N) is 2. The summed E-state index contributed by atoms with van der Waals surface area (Å²) < 4.78 is 0.863. The maximum Gasteiger partial charge on any atom is 0.239 e. The molecule has 23 heavy (non-hydrogen) atoms. The Morgan fingerprint density at radius 2 is 1.74 bits per heavy atom. The van der Waals surface area contributed by atoms with Crippen LogP contribution < -0.4 is 10.6 Å². The molecule has 0 bridgehead atoms. The molecule has 3 amide bonds. The van der Waals surface area contributed by atoms with Crippen molar-refractivity contribution in [3.8, 4) is 0 Å². The number of anilines is 1. The minimum atomic E-state index is -0.734. The highest BCUT2D eigenvalue weighted by Gasteiger charge is 2.62. The predicted molar refractivity (Wildman–Crippen MR) is 88.4 cm³/mol. The summed E-state index contributed by atoms with van der Waals surface area (Å²) in [5, 5.41) is 0. The van der Waals surface area contributed by atoms with Gasteiger partial charge >= 0.3 is 0 Å². The maximum absolute atomic E-state index is 12.9. The third kappa shape index (κ3) is 2.30. The zero-order valence-corrected chi connectivity index (χ0v) is 14.5. The third-order valence-corrected chi connectivity index (χ3v) is 5.44. The molecule has 6 nitrogen and oxygen atoms in total. The minimum Gasteiger partial charge on any atom is -0.368 e. The SMILES string of the molecule is CCC1C2C(=O)N(c3ccc(Br)cc3)C(=O)C2C(C(N)=O)N1C. The van der Waals surface area contributed by atoms with Gasteiger partial charge in [0.1, 0.15) is 6.04 Å². The molecule has 1 aromatic carbocycles. The fourth-order valence-corrected chi connectivity index (χ4v) is 4.19. The van der Waals surface area contributed by atoms with Gasteiger partial charge in [0.2, 0.25) is 17.7 Å². The number of amides is 3. The van der Waals surface area contributed by atoms with E-state index in [-0.39, 0.29) is 17.9 Å². The second-order valence-corrected chi connectivity index (χ2v) is 6.94. The quantitative estimate of drug-likeness (QED) is 0.797. The van der Waals surface area contributed by atoms with Crippen LogP contribution in [-0.4, -0.2) is 41.8 Å². The Kier molecular flexibility index (Phi) is 4.01. The fraction of sp³-hybridized carbons (Fsp3) is 0.438. The first kappa shape index (κ1) is 16.1. The van der Waals surface area contributed by atoms with Gasteiger partial charge in [0.15, 0.2) is 0 Å². The van der Waals surface area contributed by atoms with E-state index < -0.39 is 23.8 Å². The molecule has 0 spiro atoms. The van der Waals surface area contributed by atoms with Crippen molar-refractivity contribution in [1.82, 2.24) is 4.90 Å². The van der Waals surface area contributed by atoms with Gasteiger partial charge in [-0.3, -0.25) is 19.3 Å². The van der Waals surface area contributed by atoms with Crippen molar-refractivity contribution < 1.29 is 14.4 Å². The first-order valence-electron chi connectivity index (χ1n) is 7.53. The van der Waals surface area contributed by atoms with E-state index in [0.29, 0.717) is 12.1 Å². The van der Waals surface area contributed by atoms with Gasteiger partial charge in [-0.25, -0.2) is 4.90 Å². The number of primary amides is 1. The number of hydrogen-bond donors (Lipinski definition) is 1. The van der Waals surface area contributed by atoms with Crippen LogP contribution in [0.5, 0.6) is 0 Å². The summed E-state index contributed by atoms with van der Waals surface area (Å²) in [7, 11) is 1.76. The molecule has 1 aromatic rings. The number of carbonyl (C=O) groups is 3. The Balaban J connectivity index is 2.03. The number of imide groups is 1. The lowest BCUT2D eigenvalue weighted by atomic mass is 9.88. The van der Waals surface area contributed by atoms with Crippen molar-refractivity contribution in [3.63, 3.8) is 0 Å². The number of likely N-dealkylation sites (tertiary alicyclic amines) is 1. The maximum atomic E-state index is 12.9. The molecule has 4 unspecified atom stereocenters. The van der Waals surface area contributed by atoms with Crippen molar-refractivity contribution in [1.29, 1.82) is 0 Å². The van der Waals surface area contributed by atoms with E-state index in [1.54, 1.807) is 36.2 Å². The van der Waals surface area contributed by atoms with Crippen molar-refractivity contribution in [2.24, 2.45) is 17.6 Å². The van der Waals surface area contributed by atoms with Crippen LogP contribution in [0.4, 0.5) is 5.69 Å². The average molecular weight is 380 g/mol.